The van der Waals surface area contributed by atoms with Gasteiger partial charge >= 0.3 is 0 Å². The number of ether oxygens (including phenoxy) is 2. The first-order chi connectivity index (χ1) is 8.83. The van der Waals surface area contributed by atoms with Crippen LogP contribution in [0.4, 0.5) is 5.13 Å². The second-order valence-electron chi connectivity index (χ2n) is 3.56. The first kappa shape index (κ1) is 11.0. The van der Waals surface area contributed by atoms with Crippen LogP contribution >= 0.6 is 11.3 Å². The van der Waals surface area contributed by atoms with Gasteiger partial charge in [-0.15, -0.1) is 10.2 Å². The van der Waals surface area contributed by atoms with Crippen molar-refractivity contribution in [3.8, 4) is 11.5 Å². The summed E-state index contributed by atoms with van der Waals surface area (Å²) >= 11 is 1.26. The number of nitrogens with zero attached hydrogens (tertiary/aromatic N) is 2. The summed E-state index contributed by atoms with van der Waals surface area (Å²) in [5, 5.41) is 10.5. The van der Waals surface area contributed by atoms with Crippen molar-refractivity contribution in [2.75, 3.05) is 18.5 Å². The third-order valence-corrected chi connectivity index (χ3v) is 2.99. The number of nitrogens with one attached hydrogen (secondary N) is 1. The van der Waals surface area contributed by atoms with Crippen LogP contribution in [0.1, 0.15) is 10.4 Å². The number of hydrogen-bond acceptors (Lipinski definition) is 6. The fourth-order valence-electron chi connectivity index (χ4n) is 1.58. The monoisotopic (exact) mass is 263 g/mol. The molecule has 1 aromatic heterocycles. The number of hydrogen-bond donors (Lipinski definition) is 1. The predicted molar refractivity (Wildman–Crippen MR) is 65.3 cm³/mol. The summed E-state index contributed by atoms with van der Waals surface area (Å²) in [4.78, 5) is 11.9. The van der Waals surface area contributed by atoms with Gasteiger partial charge in [-0.1, -0.05) is 11.3 Å². The number of benzene rings is 1. The number of amides is 1. The molecule has 3 rings (SSSR count). The van der Waals surface area contributed by atoms with Gasteiger partial charge in [0.1, 0.15) is 18.7 Å². The lowest BCUT2D eigenvalue weighted by Crippen LogP contribution is -2.17. The maximum atomic E-state index is 11.9. The number of carbonyl (C=O) groups excluding carboxylic acids is 1. The van der Waals surface area contributed by atoms with E-state index in [2.05, 4.69) is 15.5 Å². The van der Waals surface area contributed by atoms with E-state index in [-0.39, 0.29) is 5.91 Å². The molecule has 1 aromatic carbocycles. The Bertz CT molecular complexity index is 571. The molecule has 0 atom stereocenters. The highest BCUT2D eigenvalue weighted by Crippen LogP contribution is 2.30. The Morgan fingerprint density at radius 3 is 2.89 bits per heavy atom. The van der Waals surface area contributed by atoms with E-state index in [1.165, 1.54) is 11.3 Å². The maximum Gasteiger partial charge on any atom is 0.257 e. The first-order valence-electron chi connectivity index (χ1n) is 5.30. The summed E-state index contributed by atoms with van der Waals surface area (Å²) in [5.41, 5.74) is 2.05. The Labute approximate surface area is 107 Å². The molecule has 1 aliphatic rings. The molecule has 18 heavy (non-hydrogen) atoms. The van der Waals surface area contributed by atoms with Crippen molar-refractivity contribution in [3.63, 3.8) is 0 Å². The molecule has 0 bridgehead atoms. The van der Waals surface area contributed by atoms with Gasteiger partial charge in [0, 0.05) is 5.56 Å². The minimum absolute atomic E-state index is 0.247. The number of carbonyl (C=O) groups is 1. The molecule has 2 heterocycles. The van der Waals surface area contributed by atoms with E-state index in [0.717, 1.165) is 0 Å². The third-order valence-electron chi connectivity index (χ3n) is 2.38. The van der Waals surface area contributed by atoms with E-state index in [0.29, 0.717) is 35.4 Å². The lowest BCUT2D eigenvalue weighted by Gasteiger charge is -2.18. The summed E-state index contributed by atoms with van der Waals surface area (Å²) in [6, 6.07) is 5.07. The molecule has 92 valence electrons. The minimum Gasteiger partial charge on any atom is -0.486 e. The largest absolute Gasteiger partial charge is 0.486 e. The normalized spacial score (nSPS) is 13.1. The maximum absolute atomic E-state index is 11.9. The molecule has 0 spiro atoms. The van der Waals surface area contributed by atoms with Gasteiger partial charge in [0.2, 0.25) is 5.13 Å². The van der Waals surface area contributed by atoms with Gasteiger partial charge in [0.25, 0.3) is 5.91 Å². The fourth-order valence-corrected chi connectivity index (χ4v) is 2.02. The predicted octanol–water partition coefficient (Wildman–Crippen LogP) is 1.56. The summed E-state index contributed by atoms with van der Waals surface area (Å²) in [6.07, 6.45) is 0. The van der Waals surface area contributed by atoms with Crippen molar-refractivity contribution in [1.82, 2.24) is 10.2 Å². The molecule has 0 fully saturated rings. The topological polar surface area (TPSA) is 73.3 Å². The molecule has 0 saturated heterocycles. The number of aromatic nitrogens is 2. The zero-order chi connectivity index (χ0) is 12.4. The quantitative estimate of drug-likeness (QED) is 0.890. The highest BCUT2D eigenvalue weighted by Gasteiger charge is 2.15. The molecule has 0 radical (unpaired) electrons. The molecule has 7 heteroatoms. The van der Waals surface area contributed by atoms with Gasteiger partial charge in [-0.05, 0) is 18.2 Å². The van der Waals surface area contributed by atoms with Crippen molar-refractivity contribution in [2.45, 2.75) is 0 Å². The SMILES string of the molecule is O=C(Nc1nncs1)c1ccc2c(c1)OCCO2. The lowest BCUT2D eigenvalue weighted by molar-refractivity contribution is 0.102. The molecule has 6 nitrogen and oxygen atoms in total. The fraction of sp³-hybridized carbons (Fsp3) is 0.182. The number of fused-ring (bicyclic) bond motifs is 1. The molecular weight excluding hydrogens is 254 g/mol. The zero-order valence-corrected chi connectivity index (χ0v) is 10.1. The number of rotatable bonds is 2. The third kappa shape index (κ3) is 2.12. The van der Waals surface area contributed by atoms with Crippen LogP contribution in [0.3, 0.4) is 0 Å². The summed E-state index contributed by atoms with van der Waals surface area (Å²) in [5.74, 6) is 1.00. The second kappa shape index (κ2) is 4.61. The number of anilines is 1. The highest BCUT2D eigenvalue weighted by atomic mass is 32.1. The average Bonchev–Trinajstić information content (AvgIpc) is 2.91. The van der Waals surface area contributed by atoms with Gasteiger partial charge in [0.05, 0.1) is 0 Å². The second-order valence-corrected chi connectivity index (χ2v) is 4.39. The van der Waals surface area contributed by atoms with Gasteiger partial charge in [-0.2, -0.15) is 0 Å². The summed E-state index contributed by atoms with van der Waals surface area (Å²) < 4.78 is 10.8. The van der Waals surface area contributed by atoms with Crippen LogP contribution in [0.2, 0.25) is 0 Å². The smallest absolute Gasteiger partial charge is 0.257 e. The Morgan fingerprint density at radius 1 is 1.28 bits per heavy atom. The van der Waals surface area contributed by atoms with E-state index in [1.54, 1.807) is 23.7 Å². The van der Waals surface area contributed by atoms with E-state index < -0.39 is 0 Å². The molecule has 1 N–H and O–H groups in total. The standard InChI is InChI=1S/C11H9N3O3S/c15-10(13-11-14-12-6-18-11)7-1-2-8-9(5-7)17-4-3-16-8/h1-2,5-6H,3-4H2,(H,13,14,15). The van der Waals surface area contributed by atoms with Gasteiger partial charge in [-0.3, -0.25) is 10.1 Å². The van der Waals surface area contributed by atoms with Crippen molar-refractivity contribution in [3.05, 3.63) is 29.3 Å². The van der Waals surface area contributed by atoms with Gasteiger partial charge in [-0.25, -0.2) is 0 Å². The van der Waals surface area contributed by atoms with E-state index >= 15 is 0 Å². The van der Waals surface area contributed by atoms with Gasteiger partial charge in [0.15, 0.2) is 11.5 Å². The van der Waals surface area contributed by atoms with Crippen molar-refractivity contribution in [1.29, 1.82) is 0 Å². The van der Waals surface area contributed by atoms with Crippen LogP contribution in [0.15, 0.2) is 23.7 Å². The molecule has 1 amide bonds. The average molecular weight is 263 g/mol. The van der Waals surface area contributed by atoms with Crippen LogP contribution in [0.5, 0.6) is 11.5 Å². The minimum atomic E-state index is -0.247. The van der Waals surface area contributed by atoms with Gasteiger partial charge < -0.3 is 9.47 Å². The highest BCUT2D eigenvalue weighted by molar-refractivity contribution is 7.13. The first-order valence-corrected chi connectivity index (χ1v) is 6.18. The zero-order valence-electron chi connectivity index (χ0n) is 9.25. The Balaban J connectivity index is 1.81. The lowest BCUT2D eigenvalue weighted by atomic mass is 10.2. The van der Waals surface area contributed by atoms with E-state index in [4.69, 9.17) is 9.47 Å². The Kier molecular flexibility index (Phi) is 2.81. The summed E-state index contributed by atoms with van der Waals surface area (Å²) in [6.45, 7) is 1.03. The molecule has 1 aliphatic heterocycles. The van der Waals surface area contributed by atoms with Crippen molar-refractivity contribution < 1.29 is 14.3 Å². The molecule has 0 saturated carbocycles. The van der Waals surface area contributed by atoms with Crippen molar-refractivity contribution >= 4 is 22.4 Å². The molecule has 2 aromatic rings. The Morgan fingerprint density at radius 2 is 2.11 bits per heavy atom. The summed E-state index contributed by atoms with van der Waals surface area (Å²) in [7, 11) is 0. The molecule has 0 unspecified atom stereocenters. The van der Waals surface area contributed by atoms with Crippen LogP contribution in [0, 0.1) is 0 Å². The van der Waals surface area contributed by atoms with Crippen LogP contribution in [-0.4, -0.2) is 29.3 Å². The molecular formula is C11H9N3O3S. The van der Waals surface area contributed by atoms with Crippen molar-refractivity contribution in [2.24, 2.45) is 0 Å². The molecule has 0 aliphatic carbocycles. The Hall–Kier alpha value is -2.15. The van der Waals surface area contributed by atoms with Crippen LogP contribution < -0.4 is 14.8 Å². The van der Waals surface area contributed by atoms with E-state index in [1.807, 2.05) is 0 Å². The van der Waals surface area contributed by atoms with E-state index in [9.17, 15) is 4.79 Å². The van der Waals surface area contributed by atoms with Crippen LogP contribution in [0.25, 0.3) is 0 Å². The van der Waals surface area contributed by atoms with Crippen LogP contribution in [-0.2, 0) is 0 Å².